The number of carbonyl (C=O) groups is 1. The van der Waals surface area contributed by atoms with Gasteiger partial charge < -0.3 is 15.0 Å². The molecule has 0 aliphatic carbocycles. The Hall–Kier alpha value is -3.40. The van der Waals surface area contributed by atoms with Crippen molar-refractivity contribution in [3.8, 4) is 11.1 Å². The number of fused-ring (bicyclic) bond motifs is 1. The van der Waals surface area contributed by atoms with Gasteiger partial charge in [0, 0.05) is 58.4 Å². The molecule has 3 aromatic heterocycles. The van der Waals surface area contributed by atoms with Gasteiger partial charge in [0.25, 0.3) is 0 Å². The molecule has 1 N–H and O–H groups in total. The van der Waals surface area contributed by atoms with E-state index in [0.717, 1.165) is 65.0 Å². The van der Waals surface area contributed by atoms with Crippen molar-refractivity contribution in [1.82, 2.24) is 24.8 Å². The second-order valence-corrected chi connectivity index (χ2v) is 9.23. The molecule has 1 aliphatic rings. The van der Waals surface area contributed by atoms with E-state index in [2.05, 4.69) is 38.4 Å². The first-order valence-electron chi connectivity index (χ1n) is 11.2. The number of hydrogen-bond donors (Lipinski definition) is 1. The maximum absolute atomic E-state index is 12.0. The van der Waals surface area contributed by atoms with Gasteiger partial charge in [0.1, 0.15) is 12.4 Å². The zero-order chi connectivity index (χ0) is 23.3. The monoisotopic (exact) mass is 474 g/mol. The smallest absolute Gasteiger partial charge is 0.248 e. The van der Waals surface area contributed by atoms with Crippen LogP contribution in [0.15, 0.2) is 61.1 Å². The number of benzene rings is 1. The Kier molecular flexibility index (Phi) is 6.75. The zero-order valence-electron chi connectivity index (χ0n) is 19.0. The van der Waals surface area contributed by atoms with Crippen LogP contribution in [0.25, 0.3) is 21.3 Å². The van der Waals surface area contributed by atoms with Crippen LogP contribution in [-0.4, -0.2) is 70.6 Å². The van der Waals surface area contributed by atoms with E-state index in [1.54, 1.807) is 30.8 Å². The van der Waals surface area contributed by atoms with Gasteiger partial charge in [0.15, 0.2) is 5.13 Å². The third-order valence-corrected chi connectivity index (χ3v) is 6.79. The van der Waals surface area contributed by atoms with Crippen LogP contribution in [0.3, 0.4) is 0 Å². The Morgan fingerprint density at radius 1 is 1.03 bits per heavy atom. The summed E-state index contributed by atoms with van der Waals surface area (Å²) in [7, 11) is 1.55. The minimum atomic E-state index is 0.0567. The number of nitrogens with zero attached hydrogens (tertiary/aromatic N) is 5. The van der Waals surface area contributed by atoms with Gasteiger partial charge in [-0.1, -0.05) is 17.4 Å². The van der Waals surface area contributed by atoms with Crippen molar-refractivity contribution in [1.29, 1.82) is 0 Å². The van der Waals surface area contributed by atoms with Gasteiger partial charge in [0.2, 0.25) is 5.91 Å². The standard InChI is InChI=1S/C25H26N6O2S/c1-33-17-24(32)31-12-10-30(11-13-31)16-18-4-9-27-23(14-18)29-25-28-21-3-2-20(15-22(21)34-25)19-5-7-26-8-6-19/h2-9,14-15H,10-13,16-17H2,1H3,(H,27,28,29). The third-order valence-electron chi connectivity index (χ3n) is 5.86. The minimum absolute atomic E-state index is 0.0567. The summed E-state index contributed by atoms with van der Waals surface area (Å²) in [5.41, 5.74) is 4.42. The fourth-order valence-corrected chi connectivity index (χ4v) is 4.99. The van der Waals surface area contributed by atoms with Crippen molar-refractivity contribution in [2.75, 3.05) is 45.2 Å². The summed E-state index contributed by atoms with van der Waals surface area (Å²) in [5.74, 6) is 0.834. The molecule has 5 rings (SSSR count). The quantitative estimate of drug-likeness (QED) is 0.436. The number of amides is 1. The molecule has 1 aliphatic heterocycles. The molecule has 9 heteroatoms. The first kappa shape index (κ1) is 22.4. The van der Waals surface area contributed by atoms with E-state index in [1.165, 1.54) is 5.56 Å². The highest BCUT2D eigenvalue weighted by Gasteiger charge is 2.21. The van der Waals surface area contributed by atoms with Gasteiger partial charge in [-0.15, -0.1) is 0 Å². The fraction of sp³-hybridized carbons (Fsp3) is 0.280. The van der Waals surface area contributed by atoms with Crippen molar-refractivity contribution < 1.29 is 9.53 Å². The molecule has 4 aromatic rings. The predicted octanol–water partition coefficient (Wildman–Crippen LogP) is 3.79. The van der Waals surface area contributed by atoms with E-state index in [1.807, 2.05) is 35.4 Å². The molecule has 1 aromatic carbocycles. The molecule has 0 atom stereocenters. The summed E-state index contributed by atoms with van der Waals surface area (Å²) in [6.45, 7) is 4.11. The number of anilines is 2. The number of hydrogen-bond acceptors (Lipinski definition) is 8. The highest BCUT2D eigenvalue weighted by atomic mass is 32.1. The van der Waals surface area contributed by atoms with Crippen molar-refractivity contribution in [3.63, 3.8) is 0 Å². The molecule has 1 saturated heterocycles. The maximum Gasteiger partial charge on any atom is 0.248 e. The number of methoxy groups -OCH3 is 1. The average Bonchev–Trinajstić information content (AvgIpc) is 3.27. The summed E-state index contributed by atoms with van der Waals surface area (Å²) in [4.78, 5) is 29.5. The van der Waals surface area contributed by atoms with Crippen LogP contribution in [-0.2, 0) is 16.1 Å². The van der Waals surface area contributed by atoms with Gasteiger partial charge in [-0.3, -0.25) is 14.7 Å². The second kappa shape index (κ2) is 10.3. The van der Waals surface area contributed by atoms with Crippen molar-refractivity contribution in [2.24, 2.45) is 0 Å². The summed E-state index contributed by atoms with van der Waals surface area (Å²) in [6.07, 6.45) is 5.43. The number of ether oxygens (including phenoxy) is 1. The van der Waals surface area contributed by atoms with E-state index >= 15 is 0 Å². The number of thiazole rings is 1. The molecule has 0 saturated carbocycles. The molecule has 4 heterocycles. The van der Waals surface area contributed by atoms with Crippen LogP contribution >= 0.6 is 11.3 Å². The normalized spacial score (nSPS) is 14.4. The molecule has 1 fully saturated rings. The average molecular weight is 475 g/mol. The maximum atomic E-state index is 12.0. The number of carbonyl (C=O) groups excluding carboxylic acids is 1. The number of pyridine rings is 2. The van der Waals surface area contributed by atoms with Crippen LogP contribution < -0.4 is 5.32 Å². The Labute approximate surface area is 202 Å². The Morgan fingerprint density at radius 2 is 1.85 bits per heavy atom. The van der Waals surface area contributed by atoms with Crippen LogP contribution in [0, 0.1) is 0 Å². The Balaban J connectivity index is 1.23. The van der Waals surface area contributed by atoms with Crippen LogP contribution in [0.2, 0.25) is 0 Å². The molecule has 1 amide bonds. The predicted molar refractivity (Wildman–Crippen MR) is 134 cm³/mol. The lowest BCUT2D eigenvalue weighted by atomic mass is 10.1. The van der Waals surface area contributed by atoms with E-state index in [9.17, 15) is 4.79 Å². The van der Waals surface area contributed by atoms with Gasteiger partial charge in [-0.25, -0.2) is 9.97 Å². The SMILES string of the molecule is COCC(=O)N1CCN(Cc2ccnc(Nc3nc4ccc(-c5ccncc5)cc4s3)c2)CC1. The number of piperazine rings is 1. The van der Waals surface area contributed by atoms with Gasteiger partial charge >= 0.3 is 0 Å². The fourth-order valence-electron chi connectivity index (χ4n) is 4.08. The first-order chi connectivity index (χ1) is 16.7. The number of aromatic nitrogens is 3. The molecule has 0 radical (unpaired) electrons. The summed E-state index contributed by atoms with van der Waals surface area (Å²) < 4.78 is 6.08. The number of nitrogens with one attached hydrogen (secondary N) is 1. The highest BCUT2D eigenvalue weighted by molar-refractivity contribution is 7.22. The molecular formula is C25H26N6O2S. The summed E-state index contributed by atoms with van der Waals surface area (Å²) in [5, 5.41) is 4.18. The lowest BCUT2D eigenvalue weighted by Gasteiger charge is -2.34. The molecule has 0 spiro atoms. The van der Waals surface area contributed by atoms with Gasteiger partial charge in [0.05, 0.1) is 10.2 Å². The molecular weight excluding hydrogens is 448 g/mol. The molecule has 0 unspecified atom stereocenters. The highest BCUT2D eigenvalue weighted by Crippen LogP contribution is 2.31. The van der Waals surface area contributed by atoms with Crippen molar-refractivity contribution >= 4 is 38.4 Å². The lowest BCUT2D eigenvalue weighted by molar-refractivity contribution is -0.136. The minimum Gasteiger partial charge on any atom is -0.375 e. The Bertz CT molecular complexity index is 1270. The molecule has 8 nitrogen and oxygen atoms in total. The van der Waals surface area contributed by atoms with Crippen molar-refractivity contribution in [3.05, 3.63) is 66.6 Å². The van der Waals surface area contributed by atoms with E-state index < -0.39 is 0 Å². The van der Waals surface area contributed by atoms with E-state index in [0.29, 0.717) is 0 Å². The molecule has 174 valence electrons. The first-order valence-corrected chi connectivity index (χ1v) is 12.0. The van der Waals surface area contributed by atoms with Crippen molar-refractivity contribution in [2.45, 2.75) is 6.54 Å². The Morgan fingerprint density at radius 3 is 2.65 bits per heavy atom. The molecule has 34 heavy (non-hydrogen) atoms. The van der Waals surface area contributed by atoms with Crippen LogP contribution in [0.5, 0.6) is 0 Å². The van der Waals surface area contributed by atoms with E-state index in [-0.39, 0.29) is 12.5 Å². The molecule has 0 bridgehead atoms. The third kappa shape index (κ3) is 5.22. The second-order valence-electron chi connectivity index (χ2n) is 8.20. The van der Waals surface area contributed by atoms with Gasteiger partial charge in [-0.2, -0.15) is 0 Å². The largest absolute Gasteiger partial charge is 0.375 e. The van der Waals surface area contributed by atoms with Crippen LogP contribution in [0.4, 0.5) is 10.9 Å². The van der Waals surface area contributed by atoms with Crippen LogP contribution in [0.1, 0.15) is 5.56 Å². The summed E-state index contributed by atoms with van der Waals surface area (Å²) >= 11 is 1.61. The topological polar surface area (TPSA) is 83.5 Å². The zero-order valence-corrected chi connectivity index (χ0v) is 19.8. The summed E-state index contributed by atoms with van der Waals surface area (Å²) in [6, 6.07) is 14.4. The number of rotatable bonds is 7. The lowest BCUT2D eigenvalue weighted by Crippen LogP contribution is -2.49. The van der Waals surface area contributed by atoms with E-state index in [4.69, 9.17) is 9.72 Å². The van der Waals surface area contributed by atoms with Gasteiger partial charge in [-0.05, 0) is 53.1 Å².